The molecule has 42 heavy (non-hydrogen) atoms. The van der Waals surface area contributed by atoms with Gasteiger partial charge in [-0.05, 0) is 50.5 Å². The molecule has 3 fully saturated rings. The molecule has 2 aromatic heterocycles. The minimum Gasteiger partial charge on any atom is -0.438 e. The fourth-order valence-electron chi connectivity index (χ4n) is 5.93. The lowest BCUT2D eigenvalue weighted by Gasteiger charge is -2.32. The highest BCUT2D eigenvalue weighted by molar-refractivity contribution is 5.95. The van der Waals surface area contributed by atoms with E-state index >= 15 is 4.39 Å². The molecule has 3 aliphatic rings. The van der Waals surface area contributed by atoms with Crippen LogP contribution in [0.3, 0.4) is 0 Å². The van der Waals surface area contributed by atoms with Crippen LogP contribution in [0.15, 0.2) is 27.3 Å². The molecule has 1 aliphatic heterocycles. The molecule has 226 valence electrons. The lowest BCUT2D eigenvalue weighted by Crippen LogP contribution is -2.40. The lowest BCUT2D eigenvalue weighted by molar-refractivity contribution is -0.150. The normalized spacial score (nSPS) is 22.8. The van der Waals surface area contributed by atoms with Gasteiger partial charge in [0.05, 0.1) is 18.3 Å². The number of aromatic nitrogens is 2. The number of carbonyl (C=O) groups excluding carboxylic acids is 2. The van der Waals surface area contributed by atoms with Crippen LogP contribution in [0.5, 0.6) is 0 Å². The molecule has 3 aromatic rings. The Morgan fingerprint density at radius 1 is 1.17 bits per heavy atom. The zero-order chi connectivity index (χ0) is 30.0. The number of benzene rings is 1. The molecule has 2 aliphatic carbocycles. The summed E-state index contributed by atoms with van der Waals surface area (Å²) in [5, 5.41) is 8.37. The highest BCUT2D eigenvalue weighted by Gasteiger charge is 2.51. The van der Waals surface area contributed by atoms with Crippen molar-refractivity contribution in [3.63, 3.8) is 0 Å². The molecule has 2 N–H and O–H groups in total. The average Bonchev–Trinajstić information content (AvgIpc) is 3.30. The average molecular weight is 600 g/mol. The monoisotopic (exact) mass is 599 g/mol. The number of nitrogens with zero attached hydrogens (tertiary/aromatic N) is 3. The van der Waals surface area contributed by atoms with E-state index in [4.69, 9.17) is 8.94 Å². The van der Waals surface area contributed by atoms with Gasteiger partial charge in [-0.1, -0.05) is 11.2 Å². The first kappa shape index (κ1) is 28.3. The number of hydrogen-bond donors (Lipinski definition) is 2. The van der Waals surface area contributed by atoms with Crippen LogP contribution < -0.4 is 10.6 Å². The maximum atomic E-state index is 16.1. The number of carbonyl (C=O) groups is 2. The Morgan fingerprint density at radius 2 is 1.88 bits per heavy atom. The number of hydrogen-bond acceptors (Lipinski definition) is 6. The van der Waals surface area contributed by atoms with E-state index in [-0.39, 0.29) is 46.9 Å². The summed E-state index contributed by atoms with van der Waals surface area (Å²) in [5.41, 5.74) is 0.197. The van der Waals surface area contributed by atoms with Crippen molar-refractivity contribution >= 4 is 23.0 Å². The van der Waals surface area contributed by atoms with Crippen molar-refractivity contribution in [2.45, 2.75) is 75.7 Å². The summed E-state index contributed by atoms with van der Waals surface area (Å²) in [7, 11) is 0. The second kappa shape index (κ2) is 10.2. The molecule has 3 atom stereocenters. The predicted octanol–water partition coefficient (Wildman–Crippen LogP) is 5.97. The van der Waals surface area contributed by atoms with Gasteiger partial charge >= 0.3 is 12.2 Å². The Bertz CT molecular complexity index is 1510. The number of urea groups is 1. The third kappa shape index (κ3) is 5.28. The van der Waals surface area contributed by atoms with Crippen molar-refractivity contribution in [2.24, 2.45) is 11.8 Å². The summed E-state index contributed by atoms with van der Waals surface area (Å²) in [4.78, 5) is 30.9. The van der Waals surface area contributed by atoms with E-state index in [9.17, 15) is 31.5 Å². The molecule has 0 spiro atoms. The van der Waals surface area contributed by atoms with Crippen molar-refractivity contribution in [1.29, 1.82) is 0 Å². The Hall–Kier alpha value is -3.78. The molecule has 2 saturated carbocycles. The third-order valence-electron chi connectivity index (χ3n) is 8.38. The van der Waals surface area contributed by atoms with E-state index < -0.39 is 73.3 Å². The van der Waals surface area contributed by atoms with E-state index in [1.165, 1.54) is 12.1 Å². The van der Waals surface area contributed by atoms with Gasteiger partial charge in [0.25, 0.3) is 5.91 Å². The summed E-state index contributed by atoms with van der Waals surface area (Å²) in [6, 6.07) is -2.18. The maximum Gasteiger partial charge on any atom is 0.410 e. The molecular formula is C27H27F6N5O4. The first-order valence-corrected chi connectivity index (χ1v) is 13.6. The largest absolute Gasteiger partial charge is 0.438 e. The van der Waals surface area contributed by atoms with Gasteiger partial charge in [-0.15, -0.1) is 0 Å². The van der Waals surface area contributed by atoms with E-state index in [1.807, 2.05) is 5.32 Å². The summed E-state index contributed by atoms with van der Waals surface area (Å²) in [6.07, 6.45) is -3.03. The zero-order valence-corrected chi connectivity index (χ0v) is 22.3. The first-order chi connectivity index (χ1) is 19.8. The SMILES string of the molecule is Cc1nocc1C(=O)N[C@H](c1nc2c(F)c(C(C3CC3)N3CC(C(F)(F)F)NC3=O)ccc2o1)C1CCC(F)(F)CC1. The van der Waals surface area contributed by atoms with Gasteiger partial charge in [0.1, 0.15) is 29.4 Å². The number of alkyl halides is 5. The molecule has 0 radical (unpaired) electrons. The predicted molar refractivity (Wildman–Crippen MR) is 133 cm³/mol. The standard InChI is InChI=1S/C27H27F6N5O4/c1-12-16(11-41-37-12)23(39)35-20(13-6-8-26(29,30)9-7-13)24-36-21-17(42-24)5-4-15(19(21)28)22(14-2-3-14)38-10-18(27(31,32)33)34-25(38)40/h4-5,11,13-14,18,20,22H,2-3,6-10H2,1H3,(H,34,40)(H,35,39)/t18?,20-,22?/m0/s1. The van der Waals surface area contributed by atoms with Crippen LogP contribution in [0.25, 0.3) is 11.1 Å². The van der Waals surface area contributed by atoms with E-state index in [0.29, 0.717) is 18.5 Å². The third-order valence-corrected chi connectivity index (χ3v) is 8.38. The Kier molecular flexibility index (Phi) is 6.88. The minimum absolute atomic E-state index is 0.000755. The molecule has 15 heteroatoms. The summed E-state index contributed by atoms with van der Waals surface area (Å²) in [6.45, 7) is 0.895. The number of fused-ring (bicyclic) bond motifs is 1. The number of nitrogens with one attached hydrogen (secondary N) is 2. The van der Waals surface area contributed by atoms with Gasteiger partial charge in [-0.2, -0.15) is 13.2 Å². The van der Waals surface area contributed by atoms with Gasteiger partial charge in [0.15, 0.2) is 11.4 Å². The topological polar surface area (TPSA) is 114 Å². The lowest BCUT2D eigenvalue weighted by atomic mass is 9.82. The van der Waals surface area contributed by atoms with Gasteiger partial charge in [-0.3, -0.25) is 4.79 Å². The Balaban J connectivity index is 1.34. The van der Waals surface area contributed by atoms with Crippen LogP contribution in [0.1, 0.15) is 78.1 Å². The molecule has 1 saturated heterocycles. The number of oxazole rings is 1. The quantitative estimate of drug-likeness (QED) is 0.324. The summed E-state index contributed by atoms with van der Waals surface area (Å²) in [5.74, 6) is -5.15. The fraction of sp³-hybridized carbons (Fsp3) is 0.556. The van der Waals surface area contributed by atoms with Crippen molar-refractivity contribution in [2.75, 3.05) is 6.54 Å². The van der Waals surface area contributed by atoms with Gasteiger partial charge in [-0.25, -0.2) is 22.9 Å². The van der Waals surface area contributed by atoms with Gasteiger partial charge in [0.2, 0.25) is 11.8 Å². The first-order valence-electron chi connectivity index (χ1n) is 13.6. The zero-order valence-electron chi connectivity index (χ0n) is 22.3. The number of amides is 3. The van der Waals surface area contributed by atoms with Crippen LogP contribution in [-0.2, 0) is 0 Å². The van der Waals surface area contributed by atoms with Crippen LogP contribution in [0.2, 0.25) is 0 Å². The molecule has 3 heterocycles. The Labute approximate surface area is 235 Å². The smallest absolute Gasteiger partial charge is 0.410 e. The minimum atomic E-state index is -4.66. The fourth-order valence-corrected chi connectivity index (χ4v) is 5.93. The Morgan fingerprint density at radius 3 is 2.48 bits per heavy atom. The van der Waals surface area contributed by atoms with Crippen LogP contribution in [0, 0.1) is 24.6 Å². The summed E-state index contributed by atoms with van der Waals surface area (Å²) >= 11 is 0. The van der Waals surface area contributed by atoms with Gasteiger partial charge < -0.3 is 24.5 Å². The van der Waals surface area contributed by atoms with Crippen molar-refractivity contribution in [3.05, 3.63) is 46.9 Å². The van der Waals surface area contributed by atoms with Crippen molar-refractivity contribution in [3.8, 4) is 0 Å². The van der Waals surface area contributed by atoms with Crippen LogP contribution >= 0.6 is 0 Å². The van der Waals surface area contributed by atoms with Gasteiger partial charge in [0, 0.05) is 18.4 Å². The second-order valence-electron chi connectivity index (χ2n) is 11.3. The molecule has 9 nitrogen and oxygen atoms in total. The van der Waals surface area contributed by atoms with Crippen LogP contribution in [0.4, 0.5) is 31.1 Å². The molecular weight excluding hydrogens is 572 g/mol. The number of halogens is 6. The molecule has 2 unspecified atom stereocenters. The highest BCUT2D eigenvalue weighted by Crippen LogP contribution is 2.48. The van der Waals surface area contributed by atoms with E-state index in [2.05, 4.69) is 15.5 Å². The molecule has 6 rings (SSSR count). The number of rotatable bonds is 7. The van der Waals surface area contributed by atoms with E-state index in [1.54, 1.807) is 6.92 Å². The number of aryl methyl sites for hydroxylation is 1. The molecule has 3 amide bonds. The second-order valence-corrected chi connectivity index (χ2v) is 11.3. The molecule has 1 aromatic carbocycles. The highest BCUT2D eigenvalue weighted by atomic mass is 19.4. The van der Waals surface area contributed by atoms with E-state index in [0.717, 1.165) is 11.2 Å². The maximum absolute atomic E-state index is 16.1. The summed E-state index contributed by atoms with van der Waals surface area (Å²) < 4.78 is 94.7. The molecule has 0 bridgehead atoms. The van der Waals surface area contributed by atoms with Crippen molar-refractivity contribution in [1.82, 2.24) is 25.7 Å². The van der Waals surface area contributed by atoms with Crippen LogP contribution in [-0.4, -0.2) is 51.7 Å². The van der Waals surface area contributed by atoms with Crippen molar-refractivity contribution < 1.29 is 44.9 Å².